The fourth-order valence-electron chi connectivity index (χ4n) is 4.20. The van der Waals surface area contributed by atoms with Crippen molar-refractivity contribution >= 4 is 44.0 Å². The number of aryl methyl sites for hydroxylation is 1. The number of rotatable bonds is 7. The molecule has 180 valence electrons. The highest BCUT2D eigenvalue weighted by Crippen LogP contribution is 2.28. The van der Waals surface area contributed by atoms with Crippen LogP contribution in [0.1, 0.15) is 36.4 Å². The third kappa shape index (κ3) is 5.58. The zero-order valence-electron chi connectivity index (χ0n) is 18.3. The third-order valence-electron chi connectivity index (χ3n) is 5.97. The van der Waals surface area contributed by atoms with E-state index in [-0.39, 0.29) is 47.8 Å². The lowest BCUT2D eigenvalue weighted by Crippen LogP contribution is -2.36. The van der Waals surface area contributed by atoms with Crippen LogP contribution in [0.5, 0.6) is 0 Å². The number of hydrogen-bond acceptors (Lipinski definition) is 6. The van der Waals surface area contributed by atoms with E-state index in [0.29, 0.717) is 0 Å². The Morgan fingerprint density at radius 1 is 1.00 bits per heavy atom. The molecular weight excluding hydrogens is 486 g/mol. The van der Waals surface area contributed by atoms with Crippen LogP contribution in [0.2, 0.25) is 0 Å². The largest absolute Gasteiger partial charge is 0.295 e. The highest BCUT2D eigenvalue weighted by Gasteiger charge is 2.36. The minimum absolute atomic E-state index is 0. The number of halogens is 1. The molecule has 33 heavy (non-hydrogen) atoms. The Labute approximate surface area is 201 Å². The first kappa shape index (κ1) is 25.6. The lowest BCUT2D eigenvalue weighted by atomic mass is 10.0. The van der Waals surface area contributed by atoms with E-state index in [4.69, 9.17) is 0 Å². The number of sulfonamides is 2. The van der Waals surface area contributed by atoms with Gasteiger partial charge in [0.1, 0.15) is 0 Å². The molecule has 2 saturated heterocycles. The highest BCUT2D eigenvalue weighted by molar-refractivity contribution is 7.94. The standard InChI is InChI=1S/C22H27N3O5S2.ClH/c1-17-4-6-18(7-5-17)21(24-13-2-3-14-24)16-23-32(29,30)20-10-8-19(9-11-20)25-22(26)12-15-31(25,27)28;/h4-11,21,23H,2-3,12-16H2,1H3;1H. The first-order valence-corrected chi connectivity index (χ1v) is 13.7. The molecule has 2 heterocycles. The summed E-state index contributed by atoms with van der Waals surface area (Å²) in [7, 11) is -7.50. The molecule has 2 fully saturated rings. The number of carbonyl (C=O) groups excluding carboxylic acids is 1. The van der Waals surface area contributed by atoms with Crippen molar-refractivity contribution in [2.45, 2.75) is 37.1 Å². The Balaban J connectivity index is 0.00000306. The smallest absolute Gasteiger partial charge is 0.242 e. The van der Waals surface area contributed by atoms with Gasteiger partial charge in [0.15, 0.2) is 0 Å². The maximum Gasteiger partial charge on any atom is 0.242 e. The van der Waals surface area contributed by atoms with Gasteiger partial charge in [-0.3, -0.25) is 9.69 Å². The van der Waals surface area contributed by atoms with E-state index in [1.807, 2.05) is 31.2 Å². The van der Waals surface area contributed by atoms with Crippen LogP contribution in [0.4, 0.5) is 5.69 Å². The summed E-state index contributed by atoms with van der Waals surface area (Å²) in [5.74, 6) is -0.741. The van der Waals surface area contributed by atoms with E-state index in [9.17, 15) is 21.6 Å². The Bertz CT molecular complexity index is 1190. The van der Waals surface area contributed by atoms with E-state index in [0.717, 1.165) is 41.4 Å². The van der Waals surface area contributed by atoms with Gasteiger partial charge in [0.25, 0.3) is 0 Å². The fourth-order valence-corrected chi connectivity index (χ4v) is 6.70. The number of amides is 1. The molecule has 2 aliphatic heterocycles. The van der Waals surface area contributed by atoms with E-state index >= 15 is 0 Å². The molecule has 0 bridgehead atoms. The summed E-state index contributed by atoms with van der Waals surface area (Å²) >= 11 is 0. The normalized spacial score (nSPS) is 19.4. The van der Waals surface area contributed by atoms with Crippen LogP contribution in [0.25, 0.3) is 0 Å². The molecule has 1 N–H and O–H groups in total. The molecule has 2 aliphatic rings. The lowest BCUT2D eigenvalue weighted by Gasteiger charge is -2.28. The number of anilines is 1. The van der Waals surface area contributed by atoms with Crippen molar-refractivity contribution in [3.05, 3.63) is 59.7 Å². The fraction of sp³-hybridized carbons (Fsp3) is 0.409. The Morgan fingerprint density at radius 3 is 2.15 bits per heavy atom. The van der Waals surface area contributed by atoms with Crippen molar-refractivity contribution in [2.24, 2.45) is 0 Å². The molecule has 0 radical (unpaired) electrons. The van der Waals surface area contributed by atoms with Crippen molar-refractivity contribution in [1.82, 2.24) is 9.62 Å². The van der Waals surface area contributed by atoms with Crippen LogP contribution in [0.3, 0.4) is 0 Å². The third-order valence-corrected chi connectivity index (χ3v) is 9.10. The van der Waals surface area contributed by atoms with Crippen LogP contribution in [-0.4, -0.2) is 53.0 Å². The zero-order valence-corrected chi connectivity index (χ0v) is 20.8. The van der Waals surface area contributed by atoms with Gasteiger partial charge >= 0.3 is 0 Å². The second kappa shape index (κ2) is 10.1. The summed E-state index contributed by atoms with van der Waals surface area (Å²) in [6.45, 7) is 4.09. The van der Waals surface area contributed by atoms with E-state index in [1.165, 1.54) is 24.3 Å². The molecule has 11 heteroatoms. The van der Waals surface area contributed by atoms with Crippen LogP contribution >= 0.6 is 12.4 Å². The first-order valence-electron chi connectivity index (χ1n) is 10.6. The maximum absolute atomic E-state index is 12.9. The molecule has 0 aliphatic carbocycles. The number of benzene rings is 2. The van der Waals surface area contributed by atoms with Crippen LogP contribution in [0, 0.1) is 6.92 Å². The SMILES string of the molecule is Cc1ccc(C(CNS(=O)(=O)c2ccc(N3C(=O)CCS3(=O)=O)cc2)N2CCCC2)cc1.Cl. The molecule has 1 unspecified atom stereocenters. The predicted octanol–water partition coefficient (Wildman–Crippen LogP) is 2.60. The van der Waals surface area contributed by atoms with Gasteiger partial charge in [-0.15, -0.1) is 12.4 Å². The number of nitrogens with zero attached hydrogens (tertiary/aromatic N) is 2. The molecule has 1 amide bonds. The maximum atomic E-state index is 12.9. The van der Waals surface area contributed by atoms with Crippen LogP contribution in [-0.2, 0) is 24.8 Å². The minimum atomic E-state index is -3.81. The van der Waals surface area contributed by atoms with E-state index in [2.05, 4.69) is 9.62 Å². The molecule has 8 nitrogen and oxygen atoms in total. The summed E-state index contributed by atoms with van der Waals surface area (Å²) in [5, 5.41) is 0. The summed E-state index contributed by atoms with van der Waals surface area (Å²) in [6, 6.07) is 13.4. The number of hydrogen-bond donors (Lipinski definition) is 1. The molecule has 4 rings (SSSR count). The second-order valence-corrected chi connectivity index (χ2v) is 11.9. The summed E-state index contributed by atoms with van der Waals surface area (Å²) in [6.07, 6.45) is 2.12. The van der Waals surface area contributed by atoms with Crippen molar-refractivity contribution in [3.63, 3.8) is 0 Å². The molecule has 0 spiro atoms. The van der Waals surface area contributed by atoms with Crippen molar-refractivity contribution in [1.29, 1.82) is 0 Å². The minimum Gasteiger partial charge on any atom is -0.295 e. The summed E-state index contributed by atoms with van der Waals surface area (Å²) < 4.78 is 53.5. The van der Waals surface area contributed by atoms with Gasteiger partial charge in [-0.25, -0.2) is 25.9 Å². The first-order chi connectivity index (χ1) is 15.2. The van der Waals surface area contributed by atoms with Crippen LogP contribution < -0.4 is 9.03 Å². The quantitative estimate of drug-likeness (QED) is 0.610. The molecule has 1 atom stereocenters. The van der Waals surface area contributed by atoms with Crippen LogP contribution in [0.15, 0.2) is 53.4 Å². The predicted molar refractivity (Wildman–Crippen MR) is 129 cm³/mol. The van der Waals surface area contributed by atoms with E-state index < -0.39 is 26.0 Å². The van der Waals surface area contributed by atoms with Gasteiger partial charge in [0.05, 0.1) is 16.3 Å². The van der Waals surface area contributed by atoms with Gasteiger partial charge in [0, 0.05) is 19.0 Å². The van der Waals surface area contributed by atoms with Crippen molar-refractivity contribution < 1.29 is 21.6 Å². The highest BCUT2D eigenvalue weighted by atomic mass is 35.5. The van der Waals surface area contributed by atoms with Gasteiger partial charge in [-0.1, -0.05) is 29.8 Å². The van der Waals surface area contributed by atoms with Gasteiger partial charge in [-0.2, -0.15) is 0 Å². The average Bonchev–Trinajstić information content (AvgIpc) is 3.37. The number of nitrogens with one attached hydrogen (secondary N) is 1. The summed E-state index contributed by atoms with van der Waals surface area (Å²) in [5.41, 5.74) is 2.36. The van der Waals surface area contributed by atoms with Crippen molar-refractivity contribution in [3.8, 4) is 0 Å². The second-order valence-electron chi connectivity index (χ2n) is 8.24. The van der Waals surface area contributed by atoms with Gasteiger partial charge in [-0.05, 0) is 62.7 Å². The van der Waals surface area contributed by atoms with Gasteiger partial charge in [0.2, 0.25) is 26.0 Å². The Kier molecular flexibility index (Phi) is 7.85. The number of likely N-dealkylation sites (tertiary alicyclic amines) is 1. The molecule has 0 aromatic heterocycles. The zero-order chi connectivity index (χ0) is 22.9. The molecule has 0 saturated carbocycles. The average molecular weight is 514 g/mol. The van der Waals surface area contributed by atoms with E-state index in [1.54, 1.807) is 0 Å². The number of carbonyl (C=O) groups is 1. The molecular formula is C22H28ClN3O5S2. The lowest BCUT2D eigenvalue weighted by molar-refractivity contribution is -0.116. The monoisotopic (exact) mass is 513 g/mol. The molecule has 2 aromatic carbocycles. The Hall–Kier alpha value is -1.98. The molecule has 2 aromatic rings. The van der Waals surface area contributed by atoms with Gasteiger partial charge < -0.3 is 0 Å². The summed E-state index contributed by atoms with van der Waals surface area (Å²) in [4.78, 5) is 14.3. The Morgan fingerprint density at radius 2 is 1.61 bits per heavy atom. The topological polar surface area (TPSA) is 104 Å². The van der Waals surface area contributed by atoms with Crippen molar-refractivity contribution in [2.75, 3.05) is 29.7 Å².